The van der Waals surface area contributed by atoms with Crippen molar-refractivity contribution in [1.82, 2.24) is 5.32 Å². The van der Waals surface area contributed by atoms with Crippen LogP contribution in [-0.2, 0) is 0 Å². The minimum absolute atomic E-state index is 0.115. The maximum Gasteiger partial charge on any atom is 0.335 e. The standard InChI is InChI=1S/C13H15NO3/c1-13(6-3-7-13)14-11(15)9-4-2-5-10(8-9)12(16)17/h2,4-5,8H,3,6-7H2,1H3,(H,14,15)(H,16,17). The molecule has 1 saturated carbocycles. The summed E-state index contributed by atoms with van der Waals surface area (Å²) in [4.78, 5) is 22.7. The number of nitrogens with one attached hydrogen (secondary N) is 1. The van der Waals surface area contributed by atoms with Gasteiger partial charge in [0.05, 0.1) is 5.56 Å². The second kappa shape index (κ2) is 4.20. The van der Waals surface area contributed by atoms with Crippen LogP contribution >= 0.6 is 0 Å². The molecular weight excluding hydrogens is 218 g/mol. The van der Waals surface area contributed by atoms with Gasteiger partial charge in [-0.2, -0.15) is 0 Å². The number of benzene rings is 1. The van der Waals surface area contributed by atoms with Crippen LogP contribution in [0.5, 0.6) is 0 Å². The van der Waals surface area contributed by atoms with Gasteiger partial charge in [0.2, 0.25) is 0 Å². The first-order valence-corrected chi connectivity index (χ1v) is 5.66. The summed E-state index contributed by atoms with van der Waals surface area (Å²) in [5.74, 6) is -1.22. The topological polar surface area (TPSA) is 66.4 Å². The molecule has 1 aromatic rings. The number of hydrogen-bond acceptors (Lipinski definition) is 2. The van der Waals surface area contributed by atoms with E-state index in [9.17, 15) is 9.59 Å². The van der Waals surface area contributed by atoms with Gasteiger partial charge in [-0.15, -0.1) is 0 Å². The van der Waals surface area contributed by atoms with Crippen molar-refractivity contribution in [2.24, 2.45) is 0 Å². The lowest BCUT2D eigenvalue weighted by Gasteiger charge is -2.39. The lowest BCUT2D eigenvalue weighted by Crippen LogP contribution is -2.50. The fourth-order valence-corrected chi connectivity index (χ4v) is 1.97. The molecule has 0 saturated heterocycles. The fraction of sp³-hybridized carbons (Fsp3) is 0.385. The zero-order valence-electron chi connectivity index (χ0n) is 9.69. The molecule has 1 aromatic carbocycles. The van der Waals surface area contributed by atoms with Gasteiger partial charge in [-0.1, -0.05) is 6.07 Å². The van der Waals surface area contributed by atoms with Gasteiger partial charge < -0.3 is 10.4 Å². The van der Waals surface area contributed by atoms with Gasteiger partial charge in [0.15, 0.2) is 0 Å². The number of aromatic carboxylic acids is 1. The number of rotatable bonds is 3. The highest BCUT2D eigenvalue weighted by atomic mass is 16.4. The van der Waals surface area contributed by atoms with Crippen LogP contribution < -0.4 is 5.32 Å². The van der Waals surface area contributed by atoms with Crippen molar-refractivity contribution in [1.29, 1.82) is 0 Å². The number of amides is 1. The first-order chi connectivity index (χ1) is 8.00. The van der Waals surface area contributed by atoms with Gasteiger partial charge in [-0.05, 0) is 44.4 Å². The Morgan fingerprint density at radius 3 is 2.47 bits per heavy atom. The van der Waals surface area contributed by atoms with Crippen molar-refractivity contribution in [2.45, 2.75) is 31.7 Å². The van der Waals surface area contributed by atoms with Gasteiger partial charge in [0, 0.05) is 11.1 Å². The second-order valence-electron chi connectivity index (χ2n) is 4.75. The highest BCUT2D eigenvalue weighted by Crippen LogP contribution is 2.31. The van der Waals surface area contributed by atoms with Crippen molar-refractivity contribution in [3.63, 3.8) is 0 Å². The Kier molecular flexibility index (Phi) is 2.88. The SMILES string of the molecule is CC1(NC(=O)c2cccc(C(=O)O)c2)CCC1. The minimum Gasteiger partial charge on any atom is -0.478 e. The van der Waals surface area contributed by atoms with Crippen molar-refractivity contribution < 1.29 is 14.7 Å². The fourth-order valence-electron chi connectivity index (χ4n) is 1.97. The van der Waals surface area contributed by atoms with E-state index in [0.717, 1.165) is 19.3 Å². The van der Waals surface area contributed by atoms with E-state index in [1.54, 1.807) is 12.1 Å². The predicted molar refractivity (Wildman–Crippen MR) is 63.1 cm³/mol. The molecule has 4 nitrogen and oxygen atoms in total. The van der Waals surface area contributed by atoms with Crippen LogP contribution in [0.3, 0.4) is 0 Å². The van der Waals surface area contributed by atoms with E-state index in [-0.39, 0.29) is 17.0 Å². The molecule has 0 radical (unpaired) electrons. The molecule has 0 unspecified atom stereocenters. The van der Waals surface area contributed by atoms with Gasteiger partial charge in [-0.25, -0.2) is 4.79 Å². The Labute approximate surface area is 99.6 Å². The maximum absolute atomic E-state index is 11.9. The van der Waals surface area contributed by atoms with Crippen LogP contribution in [0.2, 0.25) is 0 Å². The van der Waals surface area contributed by atoms with E-state index in [2.05, 4.69) is 5.32 Å². The van der Waals surface area contributed by atoms with E-state index in [1.807, 2.05) is 6.92 Å². The molecule has 1 aliphatic rings. The van der Waals surface area contributed by atoms with Crippen LogP contribution in [-0.4, -0.2) is 22.5 Å². The highest BCUT2D eigenvalue weighted by molar-refractivity contribution is 5.97. The molecule has 0 spiro atoms. The van der Waals surface area contributed by atoms with E-state index < -0.39 is 5.97 Å². The maximum atomic E-state index is 11.9. The summed E-state index contributed by atoms with van der Waals surface area (Å²) in [6.45, 7) is 2.01. The van der Waals surface area contributed by atoms with Crippen LogP contribution in [0.4, 0.5) is 0 Å². The van der Waals surface area contributed by atoms with Crippen LogP contribution in [0.1, 0.15) is 46.9 Å². The van der Waals surface area contributed by atoms with Crippen LogP contribution in [0.15, 0.2) is 24.3 Å². The smallest absolute Gasteiger partial charge is 0.335 e. The molecule has 0 aliphatic heterocycles. The molecule has 1 aliphatic carbocycles. The number of carbonyl (C=O) groups is 2. The van der Waals surface area contributed by atoms with Crippen molar-refractivity contribution >= 4 is 11.9 Å². The third-order valence-corrected chi connectivity index (χ3v) is 3.24. The first kappa shape index (κ1) is 11.6. The van der Waals surface area contributed by atoms with Gasteiger partial charge in [0.1, 0.15) is 0 Å². The summed E-state index contributed by atoms with van der Waals surface area (Å²) < 4.78 is 0. The molecule has 0 bridgehead atoms. The molecule has 1 amide bonds. The van der Waals surface area contributed by atoms with Crippen LogP contribution in [0, 0.1) is 0 Å². The summed E-state index contributed by atoms with van der Waals surface area (Å²) >= 11 is 0. The molecule has 90 valence electrons. The molecule has 2 rings (SSSR count). The quantitative estimate of drug-likeness (QED) is 0.839. The van der Waals surface area contributed by atoms with Gasteiger partial charge in [0.25, 0.3) is 5.91 Å². The number of carbonyl (C=O) groups excluding carboxylic acids is 1. The highest BCUT2D eigenvalue weighted by Gasteiger charge is 2.33. The molecule has 0 aromatic heterocycles. The second-order valence-corrected chi connectivity index (χ2v) is 4.75. The molecule has 0 atom stereocenters. The van der Waals surface area contributed by atoms with Crippen molar-refractivity contribution in [3.05, 3.63) is 35.4 Å². The molecule has 2 N–H and O–H groups in total. The van der Waals surface area contributed by atoms with Crippen molar-refractivity contribution in [3.8, 4) is 0 Å². The Balaban J connectivity index is 2.13. The number of carboxylic acids is 1. The summed E-state index contributed by atoms with van der Waals surface area (Å²) in [6, 6.07) is 6.09. The van der Waals surface area contributed by atoms with E-state index in [4.69, 9.17) is 5.11 Å². The van der Waals surface area contributed by atoms with E-state index in [1.165, 1.54) is 12.1 Å². The first-order valence-electron chi connectivity index (χ1n) is 5.66. The monoisotopic (exact) mass is 233 g/mol. The van der Waals surface area contributed by atoms with Gasteiger partial charge in [-0.3, -0.25) is 4.79 Å². The zero-order valence-corrected chi connectivity index (χ0v) is 9.69. The van der Waals surface area contributed by atoms with E-state index >= 15 is 0 Å². The third-order valence-electron chi connectivity index (χ3n) is 3.24. The molecule has 1 fully saturated rings. The van der Waals surface area contributed by atoms with Gasteiger partial charge >= 0.3 is 5.97 Å². The average molecular weight is 233 g/mol. The summed E-state index contributed by atoms with van der Waals surface area (Å²) in [6.07, 6.45) is 3.10. The lowest BCUT2D eigenvalue weighted by atomic mass is 9.78. The molecule has 4 heteroatoms. The summed E-state index contributed by atoms with van der Waals surface area (Å²) in [7, 11) is 0. The minimum atomic E-state index is -1.02. The summed E-state index contributed by atoms with van der Waals surface area (Å²) in [5.41, 5.74) is 0.422. The number of carboxylic acid groups (broad SMARTS) is 1. The Hall–Kier alpha value is -1.84. The molecular formula is C13H15NO3. The summed E-state index contributed by atoms with van der Waals surface area (Å²) in [5, 5.41) is 11.8. The molecule has 17 heavy (non-hydrogen) atoms. The largest absolute Gasteiger partial charge is 0.478 e. The Morgan fingerprint density at radius 2 is 1.94 bits per heavy atom. The third kappa shape index (κ3) is 2.46. The number of hydrogen-bond donors (Lipinski definition) is 2. The Bertz CT molecular complexity index is 463. The van der Waals surface area contributed by atoms with Crippen LogP contribution in [0.25, 0.3) is 0 Å². The molecule has 0 heterocycles. The average Bonchev–Trinajstić information content (AvgIpc) is 2.27. The predicted octanol–water partition coefficient (Wildman–Crippen LogP) is 2.06. The van der Waals surface area contributed by atoms with Crippen molar-refractivity contribution in [2.75, 3.05) is 0 Å². The Morgan fingerprint density at radius 1 is 1.29 bits per heavy atom. The normalized spacial score (nSPS) is 17.0. The zero-order chi connectivity index (χ0) is 12.5. The lowest BCUT2D eigenvalue weighted by molar-refractivity contribution is 0.0697. The van der Waals surface area contributed by atoms with E-state index in [0.29, 0.717) is 5.56 Å².